The molecule has 0 saturated carbocycles. The number of allylic oxidation sites excluding steroid dienone is 3. The molecule has 0 heterocycles. The molecule has 3 N–H and O–H groups in total. The molecule has 0 fully saturated rings. The van der Waals surface area contributed by atoms with Gasteiger partial charge in [0, 0.05) is 12.1 Å². The molecule has 0 radical (unpaired) electrons. The smallest absolute Gasteiger partial charge is 0.0296 e. The third kappa shape index (κ3) is 0.810. The molecule has 0 atom stereocenters. The van der Waals surface area contributed by atoms with Crippen LogP contribution in [0.2, 0.25) is 0 Å². The lowest BCUT2D eigenvalue weighted by molar-refractivity contribution is 0.862. The van der Waals surface area contributed by atoms with Crippen molar-refractivity contribution in [2.75, 3.05) is 0 Å². The molecule has 0 spiro atoms. The molecule has 0 saturated heterocycles. The fourth-order valence-corrected chi connectivity index (χ4v) is 0.554. The number of hydrogen-bond acceptors (Lipinski definition) is 2. The van der Waals surface area contributed by atoms with E-state index in [4.69, 9.17) is 5.84 Å². The first-order valence-corrected chi connectivity index (χ1v) is 2.26. The quantitative estimate of drug-likeness (QED) is 0.364. The van der Waals surface area contributed by atoms with Gasteiger partial charge in [0.15, 0.2) is 0 Å². The monoisotopic (exact) mass is 96.1 g/mol. The summed E-state index contributed by atoms with van der Waals surface area (Å²) >= 11 is 0. The first kappa shape index (κ1) is 4.40. The average Bonchev–Trinajstić information content (AvgIpc) is 2.14. The van der Waals surface area contributed by atoms with Gasteiger partial charge in [0.2, 0.25) is 0 Å². The maximum atomic E-state index is 5.08. The van der Waals surface area contributed by atoms with E-state index in [0.29, 0.717) is 0 Å². The molecule has 38 valence electrons. The van der Waals surface area contributed by atoms with Crippen molar-refractivity contribution in [1.29, 1.82) is 0 Å². The van der Waals surface area contributed by atoms with E-state index in [0.717, 1.165) is 12.1 Å². The first-order valence-electron chi connectivity index (χ1n) is 2.26. The van der Waals surface area contributed by atoms with Gasteiger partial charge in [0.25, 0.3) is 0 Å². The predicted octanol–water partition coefficient (Wildman–Crippen LogP) is 0.294. The van der Waals surface area contributed by atoms with Crippen LogP contribution in [0.1, 0.15) is 6.42 Å². The van der Waals surface area contributed by atoms with Gasteiger partial charge in [-0.15, -0.1) is 0 Å². The lowest BCUT2D eigenvalue weighted by Crippen LogP contribution is -2.19. The van der Waals surface area contributed by atoms with E-state index in [9.17, 15) is 0 Å². The Balaban J connectivity index is 2.45. The van der Waals surface area contributed by atoms with E-state index in [-0.39, 0.29) is 0 Å². The van der Waals surface area contributed by atoms with E-state index in [1.54, 1.807) is 0 Å². The normalized spacial score (nSPS) is 17.0. The number of hydrazine groups is 1. The van der Waals surface area contributed by atoms with E-state index in [2.05, 4.69) is 11.5 Å². The SMILES string of the molecule is NNC1=CC=CC1. The Hall–Kier alpha value is -0.760. The van der Waals surface area contributed by atoms with Crippen LogP contribution in [0.25, 0.3) is 0 Å². The van der Waals surface area contributed by atoms with Crippen LogP contribution in [0.4, 0.5) is 0 Å². The Bertz CT molecular complexity index is 113. The number of nitrogens with two attached hydrogens (primary N) is 1. The van der Waals surface area contributed by atoms with Crippen LogP contribution >= 0.6 is 0 Å². The minimum absolute atomic E-state index is 0.955. The Kier molecular flexibility index (Phi) is 1.13. The minimum Gasteiger partial charge on any atom is -0.328 e. The van der Waals surface area contributed by atoms with Gasteiger partial charge in [-0.3, -0.25) is 5.84 Å². The molecular formula is C5H8N2. The Morgan fingerprint density at radius 3 is 2.86 bits per heavy atom. The average molecular weight is 96.1 g/mol. The number of hydrogen-bond donors (Lipinski definition) is 2. The first-order chi connectivity index (χ1) is 3.43. The fraction of sp³-hybridized carbons (Fsp3) is 0.200. The number of nitrogens with one attached hydrogen (secondary N) is 1. The van der Waals surface area contributed by atoms with Crippen molar-refractivity contribution in [2.45, 2.75) is 6.42 Å². The molecule has 0 aromatic rings. The molecule has 2 nitrogen and oxygen atoms in total. The standard InChI is InChI=1S/C5H8N2/c6-7-5-3-1-2-4-5/h1-3,7H,4,6H2. The van der Waals surface area contributed by atoms with Crippen LogP contribution in [-0.4, -0.2) is 0 Å². The summed E-state index contributed by atoms with van der Waals surface area (Å²) < 4.78 is 0. The zero-order chi connectivity index (χ0) is 5.11. The van der Waals surface area contributed by atoms with Crippen molar-refractivity contribution < 1.29 is 0 Å². The summed E-state index contributed by atoms with van der Waals surface area (Å²) in [5.74, 6) is 5.08. The Morgan fingerprint density at radius 1 is 1.71 bits per heavy atom. The second kappa shape index (κ2) is 1.80. The zero-order valence-electron chi connectivity index (χ0n) is 4.02. The van der Waals surface area contributed by atoms with Gasteiger partial charge < -0.3 is 5.43 Å². The fourth-order valence-electron chi connectivity index (χ4n) is 0.554. The highest BCUT2D eigenvalue weighted by atomic mass is 15.2. The van der Waals surface area contributed by atoms with E-state index in [1.165, 1.54) is 0 Å². The van der Waals surface area contributed by atoms with Gasteiger partial charge in [-0.2, -0.15) is 0 Å². The molecule has 2 heteroatoms. The van der Waals surface area contributed by atoms with Crippen molar-refractivity contribution in [1.82, 2.24) is 5.43 Å². The molecule has 0 amide bonds. The lowest BCUT2D eigenvalue weighted by Gasteiger charge is -1.94. The van der Waals surface area contributed by atoms with E-state index >= 15 is 0 Å². The zero-order valence-corrected chi connectivity index (χ0v) is 4.02. The topological polar surface area (TPSA) is 38.0 Å². The molecule has 0 bridgehead atoms. The highest BCUT2D eigenvalue weighted by molar-refractivity contribution is 5.20. The van der Waals surface area contributed by atoms with Crippen LogP contribution in [0, 0.1) is 0 Å². The molecule has 1 aliphatic rings. The molecule has 0 aromatic carbocycles. The molecule has 1 rings (SSSR count). The van der Waals surface area contributed by atoms with Crippen molar-refractivity contribution in [3.05, 3.63) is 23.9 Å². The summed E-state index contributed by atoms with van der Waals surface area (Å²) in [6.45, 7) is 0. The minimum atomic E-state index is 0.955. The second-order valence-electron chi connectivity index (χ2n) is 1.47. The summed E-state index contributed by atoms with van der Waals surface area (Å²) in [6, 6.07) is 0. The highest BCUT2D eigenvalue weighted by Crippen LogP contribution is 2.03. The molecule has 0 aromatic heterocycles. The van der Waals surface area contributed by atoms with Gasteiger partial charge in [-0.05, 0) is 6.08 Å². The second-order valence-corrected chi connectivity index (χ2v) is 1.47. The number of rotatable bonds is 1. The van der Waals surface area contributed by atoms with Gasteiger partial charge in [0.05, 0.1) is 0 Å². The molecule has 0 aliphatic heterocycles. The largest absolute Gasteiger partial charge is 0.328 e. The van der Waals surface area contributed by atoms with Crippen LogP contribution in [-0.2, 0) is 0 Å². The molecule has 1 aliphatic carbocycles. The van der Waals surface area contributed by atoms with Crippen molar-refractivity contribution in [3.8, 4) is 0 Å². The van der Waals surface area contributed by atoms with Crippen LogP contribution < -0.4 is 11.3 Å². The van der Waals surface area contributed by atoms with E-state index in [1.807, 2.05) is 12.2 Å². The summed E-state index contributed by atoms with van der Waals surface area (Å²) in [5, 5.41) is 0. The van der Waals surface area contributed by atoms with Crippen molar-refractivity contribution >= 4 is 0 Å². The van der Waals surface area contributed by atoms with Crippen LogP contribution in [0.15, 0.2) is 23.9 Å². The van der Waals surface area contributed by atoms with Crippen LogP contribution in [0.5, 0.6) is 0 Å². The molecular weight excluding hydrogens is 88.1 g/mol. The maximum Gasteiger partial charge on any atom is 0.0296 e. The van der Waals surface area contributed by atoms with Gasteiger partial charge in [0.1, 0.15) is 0 Å². The molecule has 0 unspecified atom stereocenters. The summed E-state index contributed by atoms with van der Waals surface area (Å²) in [6.07, 6.45) is 6.95. The van der Waals surface area contributed by atoms with Gasteiger partial charge in [-0.25, -0.2) is 0 Å². The maximum absolute atomic E-state index is 5.08. The molecule has 7 heavy (non-hydrogen) atoms. The van der Waals surface area contributed by atoms with Crippen LogP contribution in [0.3, 0.4) is 0 Å². The Morgan fingerprint density at radius 2 is 2.57 bits per heavy atom. The van der Waals surface area contributed by atoms with E-state index < -0.39 is 0 Å². The Labute approximate surface area is 42.7 Å². The van der Waals surface area contributed by atoms with Gasteiger partial charge >= 0.3 is 0 Å². The summed E-state index contributed by atoms with van der Waals surface area (Å²) in [5.41, 5.74) is 3.65. The summed E-state index contributed by atoms with van der Waals surface area (Å²) in [7, 11) is 0. The lowest BCUT2D eigenvalue weighted by atomic mass is 10.4. The highest BCUT2D eigenvalue weighted by Gasteiger charge is 1.91. The third-order valence-corrected chi connectivity index (χ3v) is 0.957. The van der Waals surface area contributed by atoms with Crippen molar-refractivity contribution in [2.24, 2.45) is 5.84 Å². The summed E-state index contributed by atoms with van der Waals surface area (Å²) in [4.78, 5) is 0. The van der Waals surface area contributed by atoms with Crippen molar-refractivity contribution in [3.63, 3.8) is 0 Å². The predicted molar refractivity (Wildman–Crippen MR) is 29.2 cm³/mol. The third-order valence-electron chi connectivity index (χ3n) is 0.957. The van der Waals surface area contributed by atoms with Gasteiger partial charge in [-0.1, -0.05) is 12.2 Å².